The number of piperidine rings is 1. The van der Waals surface area contributed by atoms with Crippen molar-refractivity contribution in [2.75, 3.05) is 6.54 Å². The van der Waals surface area contributed by atoms with Crippen LogP contribution in [0.25, 0.3) is 0 Å². The van der Waals surface area contributed by atoms with Gasteiger partial charge in [0.1, 0.15) is 0 Å². The van der Waals surface area contributed by atoms with E-state index < -0.39 is 11.9 Å². The fourth-order valence-electron chi connectivity index (χ4n) is 2.62. The average molecular weight is 241 g/mol. The number of aliphatic carboxylic acids is 1. The van der Waals surface area contributed by atoms with Crippen LogP contribution >= 0.6 is 0 Å². The summed E-state index contributed by atoms with van der Waals surface area (Å²) in [6.07, 6.45) is 3.34. The van der Waals surface area contributed by atoms with E-state index in [9.17, 15) is 9.59 Å². The number of nitrogens with zero attached hydrogens (tertiary/aromatic N) is 1. The highest BCUT2D eigenvalue weighted by atomic mass is 16.4. The summed E-state index contributed by atoms with van der Waals surface area (Å²) in [5.41, 5.74) is 0. The minimum absolute atomic E-state index is 0.00925. The van der Waals surface area contributed by atoms with Gasteiger partial charge in [-0.15, -0.1) is 0 Å². The fourth-order valence-corrected chi connectivity index (χ4v) is 2.62. The molecule has 4 heteroatoms. The minimum Gasteiger partial charge on any atom is -0.481 e. The third-order valence-electron chi connectivity index (χ3n) is 3.73. The van der Waals surface area contributed by atoms with Crippen LogP contribution in [0, 0.1) is 11.8 Å². The van der Waals surface area contributed by atoms with Crippen LogP contribution in [0.4, 0.5) is 0 Å². The smallest absolute Gasteiger partial charge is 0.308 e. The Bertz CT molecular complexity index is 290. The predicted molar refractivity (Wildman–Crippen MR) is 65.6 cm³/mol. The van der Waals surface area contributed by atoms with Gasteiger partial charge < -0.3 is 10.0 Å². The van der Waals surface area contributed by atoms with Gasteiger partial charge in [-0.25, -0.2) is 0 Å². The highest BCUT2D eigenvalue weighted by Gasteiger charge is 2.36. The molecule has 3 atom stereocenters. The van der Waals surface area contributed by atoms with Crippen molar-refractivity contribution in [3.05, 3.63) is 0 Å². The van der Waals surface area contributed by atoms with Gasteiger partial charge >= 0.3 is 5.97 Å². The topological polar surface area (TPSA) is 57.6 Å². The highest BCUT2D eigenvalue weighted by Crippen LogP contribution is 2.25. The zero-order valence-electron chi connectivity index (χ0n) is 11.0. The second-order valence-corrected chi connectivity index (χ2v) is 5.05. The van der Waals surface area contributed by atoms with Crippen molar-refractivity contribution in [1.82, 2.24) is 4.90 Å². The normalized spacial score (nSPS) is 26.6. The monoisotopic (exact) mass is 241 g/mol. The SMILES string of the molecule is CCCC(C)C(=O)N1CCC[C@H](C(=O)O)[C@@H]1C. The van der Waals surface area contributed by atoms with E-state index in [1.54, 1.807) is 4.90 Å². The zero-order chi connectivity index (χ0) is 13.0. The Morgan fingerprint density at radius 2 is 2.12 bits per heavy atom. The summed E-state index contributed by atoms with van der Waals surface area (Å²) in [6.45, 7) is 6.55. The quantitative estimate of drug-likeness (QED) is 0.820. The number of carboxylic acid groups (broad SMARTS) is 1. The lowest BCUT2D eigenvalue weighted by atomic mass is 9.89. The van der Waals surface area contributed by atoms with Crippen molar-refractivity contribution >= 4 is 11.9 Å². The summed E-state index contributed by atoms with van der Waals surface area (Å²) in [6, 6.07) is -0.173. The first kappa shape index (κ1) is 14.0. The second kappa shape index (κ2) is 6.03. The zero-order valence-corrected chi connectivity index (χ0v) is 11.0. The molecule has 0 aromatic heterocycles. The summed E-state index contributed by atoms with van der Waals surface area (Å²) in [4.78, 5) is 25.1. The van der Waals surface area contributed by atoms with Gasteiger partial charge in [0.05, 0.1) is 5.92 Å². The molecule has 0 saturated carbocycles. The standard InChI is InChI=1S/C13H23NO3/c1-4-6-9(2)12(15)14-8-5-7-11(10(14)3)13(16)17/h9-11H,4-8H2,1-3H3,(H,16,17)/t9?,10-,11-/m0/s1. The molecule has 1 unspecified atom stereocenters. The third-order valence-corrected chi connectivity index (χ3v) is 3.73. The Morgan fingerprint density at radius 1 is 1.47 bits per heavy atom. The van der Waals surface area contributed by atoms with Gasteiger partial charge in [0, 0.05) is 18.5 Å². The van der Waals surface area contributed by atoms with Crippen LogP contribution in [0.15, 0.2) is 0 Å². The molecule has 17 heavy (non-hydrogen) atoms. The molecule has 0 radical (unpaired) electrons. The van der Waals surface area contributed by atoms with Gasteiger partial charge in [-0.2, -0.15) is 0 Å². The fraction of sp³-hybridized carbons (Fsp3) is 0.846. The van der Waals surface area contributed by atoms with Crippen LogP contribution in [0.3, 0.4) is 0 Å². The lowest BCUT2D eigenvalue weighted by Gasteiger charge is -2.38. The molecule has 1 fully saturated rings. The maximum absolute atomic E-state index is 12.2. The minimum atomic E-state index is -0.779. The largest absolute Gasteiger partial charge is 0.481 e. The summed E-state index contributed by atoms with van der Waals surface area (Å²) in [7, 11) is 0. The van der Waals surface area contributed by atoms with Crippen LogP contribution in [-0.2, 0) is 9.59 Å². The van der Waals surface area contributed by atoms with E-state index in [1.807, 2.05) is 13.8 Å². The molecule has 0 spiro atoms. The molecule has 4 nitrogen and oxygen atoms in total. The van der Waals surface area contributed by atoms with Gasteiger partial charge in [-0.1, -0.05) is 20.3 Å². The maximum atomic E-state index is 12.2. The number of amides is 1. The molecule has 0 aliphatic carbocycles. The molecule has 1 aliphatic heterocycles. The molecule has 0 aromatic carbocycles. The van der Waals surface area contributed by atoms with Gasteiger partial charge in [0.15, 0.2) is 0 Å². The lowest BCUT2D eigenvalue weighted by molar-refractivity contribution is -0.150. The molecule has 1 heterocycles. The second-order valence-electron chi connectivity index (χ2n) is 5.05. The van der Waals surface area contributed by atoms with Crippen molar-refractivity contribution in [2.45, 2.75) is 52.5 Å². The van der Waals surface area contributed by atoms with Gasteiger partial charge in [-0.3, -0.25) is 9.59 Å². The molecule has 1 N–H and O–H groups in total. The Hall–Kier alpha value is -1.06. The number of carbonyl (C=O) groups is 2. The summed E-state index contributed by atoms with van der Waals surface area (Å²) in [5, 5.41) is 9.11. The van der Waals surface area contributed by atoms with Crippen molar-refractivity contribution in [3.8, 4) is 0 Å². The van der Waals surface area contributed by atoms with E-state index in [2.05, 4.69) is 6.92 Å². The van der Waals surface area contributed by atoms with Gasteiger partial charge in [0.25, 0.3) is 0 Å². The molecule has 1 saturated heterocycles. The summed E-state index contributed by atoms with van der Waals surface area (Å²) < 4.78 is 0. The molecule has 0 aromatic rings. The van der Waals surface area contributed by atoms with E-state index in [0.29, 0.717) is 13.0 Å². The number of hydrogen-bond acceptors (Lipinski definition) is 2. The van der Waals surface area contributed by atoms with E-state index in [4.69, 9.17) is 5.11 Å². The highest BCUT2D eigenvalue weighted by molar-refractivity contribution is 5.80. The first-order chi connectivity index (χ1) is 7.99. The number of hydrogen-bond donors (Lipinski definition) is 1. The molecule has 1 rings (SSSR count). The molecular weight excluding hydrogens is 218 g/mol. The van der Waals surface area contributed by atoms with Crippen molar-refractivity contribution in [3.63, 3.8) is 0 Å². The predicted octanol–water partition coefficient (Wildman–Crippen LogP) is 2.13. The Balaban J connectivity index is 2.69. The van der Waals surface area contributed by atoms with Crippen LogP contribution in [-0.4, -0.2) is 34.5 Å². The van der Waals surface area contributed by atoms with Crippen molar-refractivity contribution in [2.24, 2.45) is 11.8 Å². The van der Waals surface area contributed by atoms with E-state index in [0.717, 1.165) is 19.3 Å². The Kier molecular flexibility index (Phi) is 4.97. The molecule has 0 bridgehead atoms. The Morgan fingerprint density at radius 3 is 2.65 bits per heavy atom. The molecule has 1 aliphatic rings. The Labute approximate surface area is 103 Å². The van der Waals surface area contributed by atoms with Crippen molar-refractivity contribution in [1.29, 1.82) is 0 Å². The third kappa shape index (κ3) is 3.20. The molecule has 98 valence electrons. The molecule has 1 amide bonds. The average Bonchev–Trinajstić information content (AvgIpc) is 2.28. The number of likely N-dealkylation sites (tertiary alicyclic amines) is 1. The van der Waals surface area contributed by atoms with Crippen LogP contribution in [0.2, 0.25) is 0 Å². The maximum Gasteiger partial charge on any atom is 0.308 e. The van der Waals surface area contributed by atoms with E-state index in [-0.39, 0.29) is 17.9 Å². The van der Waals surface area contributed by atoms with E-state index >= 15 is 0 Å². The first-order valence-corrected chi connectivity index (χ1v) is 6.52. The van der Waals surface area contributed by atoms with Gasteiger partial charge in [0.2, 0.25) is 5.91 Å². The summed E-state index contributed by atoms with van der Waals surface area (Å²) >= 11 is 0. The number of carboxylic acids is 1. The van der Waals surface area contributed by atoms with Crippen LogP contribution < -0.4 is 0 Å². The first-order valence-electron chi connectivity index (χ1n) is 6.52. The van der Waals surface area contributed by atoms with E-state index in [1.165, 1.54) is 0 Å². The molecular formula is C13H23NO3. The summed E-state index contributed by atoms with van der Waals surface area (Å²) in [5.74, 6) is -1.06. The van der Waals surface area contributed by atoms with Crippen LogP contribution in [0.5, 0.6) is 0 Å². The lowest BCUT2D eigenvalue weighted by Crippen LogP contribution is -2.50. The van der Waals surface area contributed by atoms with Gasteiger partial charge in [-0.05, 0) is 26.2 Å². The van der Waals surface area contributed by atoms with Crippen LogP contribution in [0.1, 0.15) is 46.5 Å². The number of carbonyl (C=O) groups excluding carboxylic acids is 1. The van der Waals surface area contributed by atoms with Crippen molar-refractivity contribution < 1.29 is 14.7 Å². The number of rotatable bonds is 4.